The number of nitrogens with zero attached hydrogens (tertiary/aromatic N) is 1. The van der Waals surface area contributed by atoms with Gasteiger partial charge in [0.05, 0.1) is 20.1 Å². The summed E-state index contributed by atoms with van der Waals surface area (Å²) in [5, 5.41) is 4.73. The van der Waals surface area contributed by atoms with Gasteiger partial charge in [-0.1, -0.05) is 18.2 Å². The van der Waals surface area contributed by atoms with Crippen molar-refractivity contribution in [3.05, 3.63) is 42.0 Å². The second-order valence-electron chi connectivity index (χ2n) is 7.36. The van der Waals surface area contributed by atoms with Crippen LogP contribution in [0.4, 0.5) is 4.79 Å². The van der Waals surface area contributed by atoms with E-state index in [0.717, 1.165) is 29.4 Å². The van der Waals surface area contributed by atoms with Gasteiger partial charge in [-0.15, -0.1) is 0 Å². The minimum absolute atomic E-state index is 0.0525. The first-order chi connectivity index (χ1) is 14.5. The van der Waals surface area contributed by atoms with Gasteiger partial charge in [-0.3, -0.25) is 9.59 Å². The van der Waals surface area contributed by atoms with Crippen molar-refractivity contribution >= 4 is 28.6 Å². The molecular formula is C23H28N2O5. The molecule has 1 fully saturated rings. The van der Waals surface area contributed by atoms with Gasteiger partial charge in [-0.25, -0.2) is 4.79 Å². The van der Waals surface area contributed by atoms with Gasteiger partial charge in [0.2, 0.25) is 0 Å². The number of urea groups is 1. The van der Waals surface area contributed by atoms with Crippen LogP contribution < -0.4 is 10.1 Å². The van der Waals surface area contributed by atoms with Crippen molar-refractivity contribution in [1.82, 2.24) is 10.2 Å². The van der Waals surface area contributed by atoms with Crippen molar-refractivity contribution in [2.24, 2.45) is 5.92 Å². The highest BCUT2D eigenvalue weighted by Crippen LogP contribution is 2.25. The van der Waals surface area contributed by atoms with E-state index in [1.807, 2.05) is 36.4 Å². The Morgan fingerprint density at radius 3 is 2.67 bits per heavy atom. The normalized spacial score (nSPS) is 16.2. The molecule has 1 saturated heterocycles. The lowest BCUT2D eigenvalue weighted by Crippen LogP contribution is -2.47. The van der Waals surface area contributed by atoms with Crippen molar-refractivity contribution in [2.75, 3.05) is 33.4 Å². The summed E-state index contributed by atoms with van der Waals surface area (Å²) in [5.41, 5.74) is 0.655. The molecule has 0 bridgehead atoms. The molecule has 0 unspecified atom stereocenters. The summed E-state index contributed by atoms with van der Waals surface area (Å²) in [6.45, 7) is 3.27. The summed E-state index contributed by atoms with van der Waals surface area (Å²) in [6.07, 6.45) is 1.66. The number of ketones is 1. The molecule has 2 amide bonds. The van der Waals surface area contributed by atoms with Crippen LogP contribution in [0.15, 0.2) is 36.4 Å². The lowest BCUT2D eigenvalue weighted by atomic mass is 9.89. The average molecular weight is 412 g/mol. The SMILES string of the molecule is CCOC(=O)CCNC(=O)N1CCC[C@@H](C(=O)c2ccc3cc(OC)ccc3c2)C1. The second-order valence-corrected chi connectivity index (χ2v) is 7.36. The molecule has 160 valence electrons. The van der Waals surface area contributed by atoms with E-state index < -0.39 is 0 Å². The van der Waals surface area contributed by atoms with Gasteiger partial charge < -0.3 is 19.7 Å². The number of amides is 2. The average Bonchev–Trinajstić information content (AvgIpc) is 2.78. The number of Topliss-reactive ketones (excluding diaryl/α,β-unsaturated/α-hetero) is 1. The van der Waals surface area contributed by atoms with Crippen LogP contribution in [-0.2, 0) is 9.53 Å². The molecule has 1 aliphatic rings. The molecule has 0 radical (unpaired) electrons. The van der Waals surface area contributed by atoms with E-state index >= 15 is 0 Å². The predicted molar refractivity (Wildman–Crippen MR) is 114 cm³/mol. The summed E-state index contributed by atoms with van der Waals surface area (Å²) >= 11 is 0. The van der Waals surface area contributed by atoms with Crippen molar-refractivity contribution in [2.45, 2.75) is 26.2 Å². The first-order valence-electron chi connectivity index (χ1n) is 10.3. The Bertz CT molecular complexity index is 927. The fraction of sp³-hybridized carbons (Fsp3) is 0.435. The van der Waals surface area contributed by atoms with E-state index in [1.165, 1.54) is 0 Å². The topological polar surface area (TPSA) is 84.9 Å². The number of methoxy groups -OCH3 is 1. The lowest BCUT2D eigenvalue weighted by molar-refractivity contribution is -0.142. The number of hydrogen-bond acceptors (Lipinski definition) is 5. The Morgan fingerprint density at radius 2 is 1.90 bits per heavy atom. The largest absolute Gasteiger partial charge is 0.497 e. The van der Waals surface area contributed by atoms with E-state index in [9.17, 15) is 14.4 Å². The minimum Gasteiger partial charge on any atom is -0.497 e. The van der Waals surface area contributed by atoms with Crippen LogP contribution in [0, 0.1) is 5.92 Å². The molecule has 0 aliphatic carbocycles. The number of esters is 1. The number of hydrogen-bond donors (Lipinski definition) is 1. The van der Waals surface area contributed by atoms with Gasteiger partial charge >= 0.3 is 12.0 Å². The van der Waals surface area contributed by atoms with Crippen LogP contribution in [0.5, 0.6) is 5.75 Å². The molecule has 7 heteroatoms. The molecule has 2 aromatic carbocycles. The highest BCUT2D eigenvalue weighted by molar-refractivity contribution is 6.01. The van der Waals surface area contributed by atoms with Crippen LogP contribution in [0.2, 0.25) is 0 Å². The van der Waals surface area contributed by atoms with E-state index in [4.69, 9.17) is 9.47 Å². The van der Waals surface area contributed by atoms with Crippen molar-refractivity contribution in [3.8, 4) is 5.75 Å². The standard InChI is InChI=1S/C23H28N2O5/c1-3-30-21(26)10-11-24-23(28)25-12-4-5-19(15-25)22(27)18-7-6-17-14-20(29-2)9-8-16(17)13-18/h6-9,13-14,19H,3-5,10-12,15H2,1-2H3,(H,24,28)/t19-/m1/s1. The zero-order chi connectivity index (χ0) is 21.5. The lowest BCUT2D eigenvalue weighted by Gasteiger charge is -2.32. The molecule has 3 rings (SSSR count). The molecular weight excluding hydrogens is 384 g/mol. The molecule has 2 aromatic rings. The highest BCUT2D eigenvalue weighted by atomic mass is 16.5. The summed E-state index contributed by atoms with van der Waals surface area (Å²) in [7, 11) is 1.63. The van der Waals surface area contributed by atoms with Crippen molar-refractivity contribution < 1.29 is 23.9 Å². The van der Waals surface area contributed by atoms with Crippen molar-refractivity contribution in [3.63, 3.8) is 0 Å². The van der Waals surface area contributed by atoms with Crippen LogP contribution in [0.1, 0.15) is 36.5 Å². The summed E-state index contributed by atoms with van der Waals surface area (Å²) in [6, 6.07) is 11.2. The van der Waals surface area contributed by atoms with Crippen LogP contribution in [-0.4, -0.2) is 56.0 Å². The smallest absolute Gasteiger partial charge is 0.317 e. The van der Waals surface area contributed by atoms with Gasteiger partial charge in [0.25, 0.3) is 0 Å². The minimum atomic E-state index is -0.335. The first-order valence-corrected chi connectivity index (χ1v) is 10.3. The van der Waals surface area contributed by atoms with Crippen LogP contribution in [0.25, 0.3) is 10.8 Å². The summed E-state index contributed by atoms with van der Waals surface area (Å²) in [4.78, 5) is 38.5. The Morgan fingerprint density at radius 1 is 1.13 bits per heavy atom. The molecule has 1 aliphatic heterocycles. The maximum absolute atomic E-state index is 13.1. The summed E-state index contributed by atoms with van der Waals surface area (Å²) < 4.78 is 10.1. The number of rotatable bonds is 7. The Balaban J connectivity index is 1.60. The van der Waals surface area contributed by atoms with E-state index in [-0.39, 0.29) is 36.7 Å². The van der Waals surface area contributed by atoms with Gasteiger partial charge in [0.1, 0.15) is 5.75 Å². The maximum Gasteiger partial charge on any atom is 0.317 e. The van der Waals surface area contributed by atoms with Crippen molar-refractivity contribution in [1.29, 1.82) is 0 Å². The quantitative estimate of drug-likeness (QED) is 0.556. The molecule has 1 N–H and O–H groups in total. The third-order valence-corrected chi connectivity index (χ3v) is 5.32. The monoisotopic (exact) mass is 412 g/mol. The summed E-state index contributed by atoms with van der Waals surface area (Å²) in [5.74, 6) is 0.263. The highest BCUT2D eigenvalue weighted by Gasteiger charge is 2.29. The number of benzene rings is 2. The Kier molecular flexibility index (Phi) is 7.27. The Labute approximate surface area is 176 Å². The van der Waals surface area contributed by atoms with E-state index in [1.54, 1.807) is 18.9 Å². The Hall–Kier alpha value is -3.09. The number of piperidine rings is 1. The maximum atomic E-state index is 13.1. The first kappa shape index (κ1) is 21.6. The van der Waals surface area contributed by atoms with E-state index in [2.05, 4.69) is 5.32 Å². The van der Waals surface area contributed by atoms with Crippen LogP contribution >= 0.6 is 0 Å². The van der Waals surface area contributed by atoms with Crippen LogP contribution in [0.3, 0.4) is 0 Å². The number of ether oxygens (including phenoxy) is 2. The molecule has 1 atom stereocenters. The zero-order valence-corrected chi connectivity index (χ0v) is 17.5. The van der Waals surface area contributed by atoms with Gasteiger partial charge in [-0.05, 0) is 48.7 Å². The molecule has 0 spiro atoms. The predicted octanol–water partition coefficient (Wildman–Crippen LogP) is 3.41. The molecule has 30 heavy (non-hydrogen) atoms. The molecule has 1 heterocycles. The number of carbonyl (C=O) groups is 3. The number of likely N-dealkylation sites (tertiary alicyclic amines) is 1. The van der Waals surface area contributed by atoms with E-state index in [0.29, 0.717) is 25.3 Å². The second kappa shape index (κ2) is 10.1. The van der Waals surface area contributed by atoms with Gasteiger partial charge in [-0.2, -0.15) is 0 Å². The molecule has 0 saturated carbocycles. The third-order valence-electron chi connectivity index (χ3n) is 5.32. The molecule has 0 aromatic heterocycles. The number of nitrogens with one attached hydrogen (secondary N) is 1. The zero-order valence-electron chi connectivity index (χ0n) is 17.5. The molecule has 7 nitrogen and oxygen atoms in total. The fourth-order valence-electron chi connectivity index (χ4n) is 3.73. The van der Waals surface area contributed by atoms with Gasteiger partial charge in [0.15, 0.2) is 5.78 Å². The van der Waals surface area contributed by atoms with Gasteiger partial charge in [0, 0.05) is 31.1 Å². The number of fused-ring (bicyclic) bond motifs is 1. The fourth-order valence-corrected chi connectivity index (χ4v) is 3.73. The number of carbonyl (C=O) groups excluding carboxylic acids is 3. The third kappa shape index (κ3) is 5.28.